The average molecular weight is 457 g/mol. The lowest BCUT2D eigenvalue weighted by molar-refractivity contribution is 0.200. The molecule has 0 bridgehead atoms. The van der Waals surface area contributed by atoms with Gasteiger partial charge in [-0.15, -0.1) is 0 Å². The average Bonchev–Trinajstić information content (AvgIpc) is 3.46. The number of rotatable bonds is 6. The second-order valence-corrected chi connectivity index (χ2v) is 7.83. The number of methoxy groups -OCH3 is 1. The number of benzene rings is 2. The molecule has 0 aliphatic heterocycles. The molecule has 9 nitrogen and oxygen atoms in total. The van der Waals surface area contributed by atoms with Gasteiger partial charge in [-0.2, -0.15) is 0 Å². The smallest absolute Gasteiger partial charge is 0.412 e. The summed E-state index contributed by atoms with van der Waals surface area (Å²) in [5.74, 6) is 1.87. The zero-order chi connectivity index (χ0) is 23.7. The predicted molar refractivity (Wildman–Crippen MR) is 131 cm³/mol. The van der Waals surface area contributed by atoms with E-state index < -0.39 is 6.09 Å². The highest BCUT2D eigenvalue weighted by atomic mass is 16.6. The van der Waals surface area contributed by atoms with Crippen LogP contribution in [-0.4, -0.2) is 39.8 Å². The number of pyridine rings is 1. The van der Waals surface area contributed by atoms with Gasteiger partial charge in [-0.1, -0.05) is 18.2 Å². The number of carbonyl (C=O) groups excluding carboxylic acids is 1. The highest BCUT2D eigenvalue weighted by Gasteiger charge is 2.15. The Hall–Kier alpha value is -4.53. The summed E-state index contributed by atoms with van der Waals surface area (Å²) in [6, 6.07) is 16.9. The first-order valence-corrected chi connectivity index (χ1v) is 10.8. The normalized spacial score (nSPS) is 11.0. The van der Waals surface area contributed by atoms with Crippen molar-refractivity contribution >= 4 is 34.0 Å². The maximum atomic E-state index is 12.2. The van der Waals surface area contributed by atoms with Gasteiger partial charge in [0.2, 0.25) is 0 Å². The van der Waals surface area contributed by atoms with E-state index in [2.05, 4.69) is 26.7 Å². The molecular weight excluding hydrogens is 432 g/mol. The van der Waals surface area contributed by atoms with Crippen LogP contribution in [-0.2, 0) is 13.6 Å². The topological polar surface area (TPSA) is 106 Å². The van der Waals surface area contributed by atoms with Crippen LogP contribution in [0.4, 0.5) is 10.6 Å². The standard InChI is InChI=1S/C25H24N6O3/c1-26-24-21-22(31(2)14-28-21)19-12-20(29-23(19)30-24)16-6-4-5-15(11-16)13-27-25(32)34-18-9-7-17(33-3)8-10-18/h4-12,14H,13H2,1-3H3,(H,27,32)(H2,26,29,30). The van der Waals surface area contributed by atoms with E-state index in [0.717, 1.165) is 44.7 Å². The molecule has 0 aliphatic carbocycles. The van der Waals surface area contributed by atoms with E-state index in [0.29, 0.717) is 18.0 Å². The number of H-pyrrole nitrogens is 1. The van der Waals surface area contributed by atoms with Gasteiger partial charge < -0.3 is 29.7 Å². The number of imidazole rings is 1. The number of anilines is 1. The number of hydrogen-bond acceptors (Lipinski definition) is 6. The number of aromatic amines is 1. The van der Waals surface area contributed by atoms with Crippen LogP contribution in [0, 0.1) is 0 Å². The Bertz CT molecular complexity index is 1490. The highest BCUT2D eigenvalue weighted by molar-refractivity contribution is 6.07. The van der Waals surface area contributed by atoms with E-state index >= 15 is 0 Å². The lowest BCUT2D eigenvalue weighted by atomic mass is 10.1. The number of fused-ring (bicyclic) bond motifs is 3. The van der Waals surface area contributed by atoms with Crippen molar-refractivity contribution in [2.24, 2.45) is 7.05 Å². The quantitative estimate of drug-likeness (QED) is 0.348. The number of nitrogens with zero attached hydrogens (tertiary/aromatic N) is 3. The molecule has 3 N–H and O–H groups in total. The molecule has 1 amide bonds. The summed E-state index contributed by atoms with van der Waals surface area (Å²) < 4.78 is 12.4. The third-order valence-electron chi connectivity index (χ3n) is 5.62. The summed E-state index contributed by atoms with van der Waals surface area (Å²) in [7, 11) is 5.39. The first-order chi connectivity index (χ1) is 16.6. The fourth-order valence-corrected chi connectivity index (χ4v) is 3.94. The van der Waals surface area contributed by atoms with Crippen LogP contribution in [0.5, 0.6) is 11.5 Å². The van der Waals surface area contributed by atoms with Crippen molar-refractivity contribution < 1.29 is 14.3 Å². The fraction of sp³-hybridized carbons (Fsp3) is 0.160. The van der Waals surface area contributed by atoms with Crippen molar-refractivity contribution in [3.8, 4) is 22.8 Å². The van der Waals surface area contributed by atoms with Gasteiger partial charge in [0.1, 0.15) is 22.7 Å². The zero-order valence-electron chi connectivity index (χ0n) is 19.0. The Balaban J connectivity index is 1.35. The van der Waals surface area contributed by atoms with Crippen LogP contribution in [0.15, 0.2) is 60.9 Å². The van der Waals surface area contributed by atoms with Crippen LogP contribution in [0.25, 0.3) is 33.3 Å². The van der Waals surface area contributed by atoms with Gasteiger partial charge >= 0.3 is 6.09 Å². The van der Waals surface area contributed by atoms with Crippen LogP contribution in [0.1, 0.15) is 5.56 Å². The van der Waals surface area contributed by atoms with Gasteiger partial charge in [0.05, 0.1) is 19.0 Å². The highest BCUT2D eigenvalue weighted by Crippen LogP contribution is 2.31. The van der Waals surface area contributed by atoms with Gasteiger partial charge in [0.25, 0.3) is 0 Å². The van der Waals surface area contributed by atoms with E-state index in [1.165, 1.54) is 0 Å². The maximum Gasteiger partial charge on any atom is 0.412 e. The number of nitrogens with one attached hydrogen (secondary N) is 3. The summed E-state index contributed by atoms with van der Waals surface area (Å²) in [6.45, 7) is 0.331. The lowest BCUT2D eigenvalue weighted by Crippen LogP contribution is -2.26. The van der Waals surface area contributed by atoms with Gasteiger partial charge in [0.15, 0.2) is 5.82 Å². The number of aromatic nitrogens is 4. The molecular formula is C25H24N6O3. The molecule has 5 rings (SSSR count). The number of aryl methyl sites for hydroxylation is 1. The van der Waals surface area contributed by atoms with E-state index in [1.54, 1.807) is 37.7 Å². The van der Waals surface area contributed by atoms with Crippen LogP contribution in [0.3, 0.4) is 0 Å². The lowest BCUT2D eigenvalue weighted by Gasteiger charge is -2.08. The third kappa shape index (κ3) is 3.99. The fourth-order valence-electron chi connectivity index (χ4n) is 3.94. The summed E-state index contributed by atoms with van der Waals surface area (Å²) >= 11 is 0. The molecule has 3 aromatic heterocycles. The molecule has 172 valence electrons. The Morgan fingerprint density at radius 2 is 1.91 bits per heavy atom. The van der Waals surface area contributed by atoms with Crippen molar-refractivity contribution in [1.29, 1.82) is 0 Å². The molecule has 0 spiro atoms. The minimum absolute atomic E-state index is 0.331. The van der Waals surface area contributed by atoms with Crippen molar-refractivity contribution in [2.75, 3.05) is 19.5 Å². The van der Waals surface area contributed by atoms with E-state index in [1.807, 2.05) is 42.9 Å². The molecule has 2 aromatic carbocycles. The van der Waals surface area contributed by atoms with Crippen molar-refractivity contribution in [2.45, 2.75) is 6.54 Å². The largest absolute Gasteiger partial charge is 0.497 e. The Labute approximate surface area is 195 Å². The summed E-state index contributed by atoms with van der Waals surface area (Å²) in [5, 5.41) is 6.90. The minimum atomic E-state index is -0.524. The van der Waals surface area contributed by atoms with Gasteiger partial charge in [-0.05, 0) is 47.5 Å². The van der Waals surface area contributed by atoms with Crippen LogP contribution < -0.4 is 20.1 Å². The minimum Gasteiger partial charge on any atom is -0.497 e. The van der Waals surface area contributed by atoms with Crippen molar-refractivity contribution in [1.82, 2.24) is 24.8 Å². The van der Waals surface area contributed by atoms with Gasteiger partial charge in [0, 0.05) is 31.7 Å². The molecule has 5 aromatic rings. The molecule has 0 saturated carbocycles. The SMILES string of the molecule is CNc1nc2[nH]c(-c3cccc(CNC(=O)Oc4ccc(OC)cc4)c3)cc2c2c1ncn2C. The van der Waals surface area contributed by atoms with Gasteiger partial charge in [-0.25, -0.2) is 14.8 Å². The number of carbonyl (C=O) groups is 1. The Kier molecular flexibility index (Phi) is 5.51. The second-order valence-electron chi connectivity index (χ2n) is 7.83. The molecule has 0 fully saturated rings. The van der Waals surface area contributed by atoms with Crippen molar-refractivity contribution in [3.63, 3.8) is 0 Å². The maximum absolute atomic E-state index is 12.2. The van der Waals surface area contributed by atoms with E-state index in [4.69, 9.17) is 14.5 Å². The second kappa shape index (κ2) is 8.78. The molecule has 0 unspecified atom stereocenters. The Morgan fingerprint density at radius 3 is 2.68 bits per heavy atom. The molecule has 0 saturated heterocycles. The Morgan fingerprint density at radius 1 is 1.12 bits per heavy atom. The van der Waals surface area contributed by atoms with Crippen LogP contribution >= 0.6 is 0 Å². The number of amides is 1. The van der Waals surface area contributed by atoms with Gasteiger partial charge in [-0.3, -0.25) is 0 Å². The monoisotopic (exact) mass is 456 g/mol. The molecule has 3 heterocycles. The summed E-state index contributed by atoms with van der Waals surface area (Å²) in [5.41, 5.74) is 5.48. The number of ether oxygens (including phenoxy) is 2. The molecule has 0 atom stereocenters. The van der Waals surface area contributed by atoms with E-state index in [9.17, 15) is 4.79 Å². The van der Waals surface area contributed by atoms with Crippen molar-refractivity contribution in [3.05, 3.63) is 66.5 Å². The van der Waals surface area contributed by atoms with E-state index in [-0.39, 0.29) is 0 Å². The molecule has 9 heteroatoms. The number of hydrogen-bond donors (Lipinski definition) is 3. The molecule has 0 aliphatic rings. The molecule has 0 radical (unpaired) electrons. The zero-order valence-corrected chi connectivity index (χ0v) is 19.0. The molecule has 34 heavy (non-hydrogen) atoms. The predicted octanol–water partition coefficient (Wildman–Crippen LogP) is 4.46. The first kappa shape index (κ1) is 21.3. The summed E-state index contributed by atoms with van der Waals surface area (Å²) in [4.78, 5) is 24.8. The summed E-state index contributed by atoms with van der Waals surface area (Å²) in [6.07, 6.45) is 1.26. The third-order valence-corrected chi connectivity index (χ3v) is 5.62. The first-order valence-electron chi connectivity index (χ1n) is 10.8. The van der Waals surface area contributed by atoms with Crippen LogP contribution in [0.2, 0.25) is 0 Å².